The number of unbranched alkanes of at least 4 members (excludes halogenated alkanes) is 6. The molecule has 1 saturated heterocycles. The Bertz CT molecular complexity index is 455. The van der Waals surface area contributed by atoms with Gasteiger partial charge in [0.05, 0.1) is 38.2 Å². The minimum Gasteiger partial charge on any atom is -0.389 e. The lowest BCUT2D eigenvalue weighted by Gasteiger charge is -2.14. The van der Waals surface area contributed by atoms with Gasteiger partial charge in [0.2, 0.25) is 0 Å². The predicted molar refractivity (Wildman–Crippen MR) is 91.4 cm³/mol. The van der Waals surface area contributed by atoms with E-state index in [1.165, 1.54) is 38.5 Å². The Morgan fingerprint density at radius 1 is 1.29 bits per heavy atom. The Balaban J connectivity index is 1.54. The van der Waals surface area contributed by atoms with Gasteiger partial charge in [0, 0.05) is 6.54 Å². The molecular formula is C17H32N4O3. The van der Waals surface area contributed by atoms with E-state index in [0.29, 0.717) is 19.8 Å². The molecule has 1 aromatic heterocycles. The van der Waals surface area contributed by atoms with Gasteiger partial charge in [-0.1, -0.05) is 50.7 Å². The molecule has 138 valence electrons. The lowest BCUT2D eigenvalue weighted by atomic mass is 10.1. The van der Waals surface area contributed by atoms with Crippen molar-refractivity contribution in [2.75, 3.05) is 13.2 Å². The first kappa shape index (κ1) is 19.3. The third-order valence-electron chi connectivity index (χ3n) is 4.43. The molecule has 7 heteroatoms. The maximum absolute atomic E-state index is 9.79. The molecular weight excluding hydrogens is 308 g/mol. The van der Waals surface area contributed by atoms with Crippen LogP contribution in [0.25, 0.3) is 0 Å². The van der Waals surface area contributed by atoms with Crippen LogP contribution in [0.3, 0.4) is 0 Å². The number of ether oxygens (including phenoxy) is 2. The Morgan fingerprint density at radius 2 is 2.04 bits per heavy atom. The van der Waals surface area contributed by atoms with Crippen molar-refractivity contribution in [3.63, 3.8) is 0 Å². The van der Waals surface area contributed by atoms with Crippen LogP contribution in [-0.4, -0.2) is 51.6 Å². The summed E-state index contributed by atoms with van der Waals surface area (Å²) in [5.41, 5.74) is 6.49. The predicted octanol–water partition coefficient (Wildman–Crippen LogP) is 1.63. The molecule has 24 heavy (non-hydrogen) atoms. The zero-order chi connectivity index (χ0) is 17.2. The second-order valence-corrected chi connectivity index (χ2v) is 6.64. The van der Waals surface area contributed by atoms with Crippen LogP contribution < -0.4 is 5.73 Å². The first-order valence-corrected chi connectivity index (χ1v) is 9.22. The maximum atomic E-state index is 9.79. The number of rotatable bonds is 12. The third kappa shape index (κ3) is 6.47. The van der Waals surface area contributed by atoms with Crippen LogP contribution in [-0.2, 0) is 22.6 Å². The number of hydrogen-bond donors (Lipinski definition) is 2. The van der Waals surface area contributed by atoms with E-state index in [1.54, 1.807) is 0 Å². The average molecular weight is 340 g/mol. The molecule has 0 bridgehead atoms. The first-order valence-electron chi connectivity index (χ1n) is 9.22. The zero-order valence-corrected chi connectivity index (χ0v) is 14.8. The lowest BCUT2D eigenvalue weighted by Crippen LogP contribution is -2.38. The molecule has 1 aliphatic rings. The fraction of sp³-hybridized carbons (Fsp3) is 0.882. The third-order valence-corrected chi connectivity index (χ3v) is 4.43. The molecule has 0 amide bonds. The standard InChI is InChI=1S/C17H32N4O3/c1-2-3-4-5-6-7-8-9-21-10-14(19-20-21)11-23-13-16-17(22)15(18)12-24-16/h10,15-17,22H,2-9,11-13,18H2,1H3/t15-,16-,17-/m0/s1. The van der Waals surface area contributed by atoms with Crippen molar-refractivity contribution in [1.29, 1.82) is 0 Å². The van der Waals surface area contributed by atoms with E-state index < -0.39 is 6.10 Å². The largest absolute Gasteiger partial charge is 0.389 e. The molecule has 0 aliphatic carbocycles. The molecule has 0 spiro atoms. The average Bonchev–Trinajstić information content (AvgIpc) is 3.16. The van der Waals surface area contributed by atoms with Crippen LogP contribution in [0.5, 0.6) is 0 Å². The van der Waals surface area contributed by atoms with Gasteiger partial charge in [-0.15, -0.1) is 5.10 Å². The van der Waals surface area contributed by atoms with Gasteiger partial charge >= 0.3 is 0 Å². The topological polar surface area (TPSA) is 95.4 Å². The second-order valence-electron chi connectivity index (χ2n) is 6.64. The smallest absolute Gasteiger partial charge is 0.108 e. The van der Waals surface area contributed by atoms with Crippen molar-refractivity contribution in [2.24, 2.45) is 5.73 Å². The van der Waals surface area contributed by atoms with Gasteiger partial charge in [-0.05, 0) is 6.42 Å². The highest BCUT2D eigenvalue weighted by Crippen LogP contribution is 2.13. The van der Waals surface area contributed by atoms with E-state index in [-0.39, 0.29) is 12.1 Å². The van der Waals surface area contributed by atoms with Crippen LogP contribution in [0, 0.1) is 0 Å². The number of aliphatic hydroxyl groups is 1. The van der Waals surface area contributed by atoms with Crippen molar-refractivity contribution in [3.8, 4) is 0 Å². The number of aliphatic hydroxyl groups excluding tert-OH is 1. The molecule has 2 rings (SSSR count). The molecule has 0 radical (unpaired) electrons. The van der Waals surface area contributed by atoms with Crippen molar-refractivity contribution < 1.29 is 14.6 Å². The lowest BCUT2D eigenvalue weighted by molar-refractivity contribution is -0.0299. The SMILES string of the molecule is CCCCCCCCCn1cc(COC[C@@H]2OC[C@H](N)[C@@H]2O)nn1. The Labute approximate surface area is 144 Å². The van der Waals surface area contributed by atoms with Crippen molar-refractivity contribution in [1.82, 2.24) is 15.0 Å². The van der Waals surface area contributed by atoms with E-state index in [1.807, 2.05) is 10.9 Å². The Morgan fingerprint density at radius 3 is 2.75 bits per heavy atom. The van der Waals surface area contributed by atoms with E-state index >= 15 is 0 Å². The molecule has 0 aromatic carbocycles. The van der Waals surface area contributed by atoms with Gasteiger partial charge in [0.15, 0.2) is 0 Å². The van der Waals surface area contributed by atoms with Gasteiger partial charge < -0.3 is 20.3 Å². The molecule has 0 unspecified atom stereocenters. The molecule has 3 atom stereocenters. The minimum atomic E-state index is -0.655. The highest BCUT2D eigenvalue weighted by atomic mass is 16.5. The second kappa shape index (κ2) is 10.8. The normalized spacial score (nSPS) is 23.9. The van der Waals surface area contributed by atoms with Crippen molar-refractivity contribution >= 4 is 0 Å². The molecule has 7 nitrogen and oxygen atoms in total. The summed E-state index contributed by atoms with van der Waals surface area (Å²) in [6.07, 6.45) is 9.94. The van der Waals surface area contributed by atoms with E-state index in [9.17, 15) is 5.11 Å². The Kier molecular flexibility index (Phi) is 8.66. The fourth-order valence-electron chi connectivity index (χ4n) is 2.88. The maximum Gasteiger partial charge on any atom is 0.108 e. The minimum absolute atomic E-state index is 0.318. The van der Waals surface area contributed by atoms with Crippen molar-refractivity contribution in [3.05, 3.63) is 11.9 Å². The van der Waals surface area contributed by atoms with Gasteiger partial charge in [0.25, 0.3) is 0 Å². The van der Waals surface area contributed by atoms with Gasteiger partial charge in [0.1, 0.15) is 11.8 Å². The number of aromatic nitrogens is 3. The van der Waals surface area contributed by atoms with Crippen LogP contribution in [0.2, 0.25) is 0 Å². The van der Waals surface area contributed by atoms with E-state index in [0.717, 1.165) is 18.7 Å². The van der Waals surface area contributed by atoms with Crippen LogP contribution in [0.1, 0.15) is 57.6 Å². The van der Waals surface area contributed by atoms with Crippen LogP contribution in [0.15, 0.2) is 6.20 Å². The summed E-state index contributed by atoms with van der Waals surface area (Å²) in [7, 11) is 0. The highest BCUT2D eigenvalue weighted by molar-refractivity contribution is 4.90. The van der Waals surface area contributed by atoms with Gasteiger partial charge in [-0.3, -0.25) is 4.68 Å². The summed E-state index contributed by atoms with van der Waals surface area (Å²) in [5, 5.41) is 18.0. The molecule has 1 fully saturated rings. The summed E-state index contributed by atoms with van der Waals surface area (Å²) in [6, 6.07) is -0.318. The summed E-state index contributed by atoms with van der Waals surface area (Å²) >= 11 is 0. The number of hydrogen-bond acceptors (Lipinski definition) is 6. The summed E-state index contributed by atoms with van der Waals surface area (Å²) in [4.78, 5) is 0. The summed E-state index contributed by atoms with van der Waals surface area (Å²) in [5.74, 6) is 0. The van der Waals surface area contributed by atoms with Crippen LogP contribution in [0.4, 0.5) is 0 Å². The molecule has 1 aromatic rings. The first-order chi connectivity index (χ1) is 11.7. The fourth-order valence-corrected chi connectivity index (χ4v) is 2.88. The van der Waals surface area contributed by atoms with Crippen molar-refractivity contribution in [2.45, 2.75) is 83.3 Å². The number of nitrogens with zero attached hydrogens (tertiary/aromatic N) is 3. The zero-order valence-electron chi connectivity index (χ0n) is 14.8. The van der Waals surface area contributed by atoms with Crippen LogP contribution >= 0.6 is 0 Å². The molecule has 2 heterocycles. The van der Waals surface area contributed by atoms with Gasteiger partial charge in [-0.25, -0.2) is 0 Å². The Hall–Kier alpha value is -1.02. The van der Waals surface area contributed by atoms with Gasteiger partial charge in [-0.2, -0.15) is 0 Å². The number of aryl methyl sites for hydroxylation is 1. The quantitative estimate of drug-likeness (QED) is 0.562. The highest BCUT2D eigenvalue weighted by Gasteiger charge is 2.33. The molecule has 0 saturated carbocycles. The molecule has 1 aliphatic heterocycles. The van der Waals surface area contributed by atoms with E-state index in [2.05, 4.69) is 17.2 Å². The van der Waals surface area contributed by atoms with E-state index in [4.69, 9.17) is 15.2 Å². The number of nitrogens with two attached hydrogens (primary N) is 1. The monoisotopic (exact) mass is 340 g/mol. The summed E-state index contributed by atoms with van der Waals surface area (Å²) < 4.78 is 12.8. The molecule has 3 N–H and O–H groups in total. The summed E-state index contributed by atoms with van der Waals surface area (Å²) in [6.45, 7) is 4.21.